The number of nitrogen functional groups attached to an aromatic ring is 1. The lowest BCUT2D eigenvalue weighted by Gasteiger charge is -2.22. The quantitative estimate of drug-likeness (QED) is 0.750. The highest BCUT2D eigenvalue weighted by Gasteiger charge is 2.22. The van der Waals surface area contributed by atoms with Crippen molar-refractivity contribution in [3.8, 4) is 0 Å². The summed E-state index contributed by atoms with van der Waals surface area (Å²) >= 11 is 0. The second-order valence-electron chi connectivity index (χ2n) is 5.67. The Morgan fingerprint density at radius 3 is 2.90 bits per heavy atom. The highest BCUT2D eigenvalue weighted by molar-refractivity contribution is 5.88. The molecule has 0 spiro atoms. The minimum absolute atomic E-state index is 0.155. The Labute approximate surface area is 117 Å². The molecule has 5 heteroatoms. The summed E-state index contributed by atoms with van der Waals surface area (Å²) in [5.41, 5.74) is 8.04. The molecule has 0 saturated heterocycles. The fourth-order valence-corrected chi connectivity index (χ4v) is 3.08. The summed E-state index contributed by atoms with van der Waals surface area (Å²) in [5.74, 6) is 0.706. The first kappa shape index (κ1) is 13.0. The zero-order valence-corrected chi connectivity index (χ0v) is 11.6. The van der Waals surface area contributed by atoms with Gasteiger partial charge in [-0.05, 0) is 37.8 Å². The maximum Gasteiger partial charge on any atom is 0.258 e. The molecule has 1 aliphatic rings. The molecule has 1 aromatic heterocycles. The van der Waals surface area contributed by atoms with E-state index in [9.17, 15) is 4.79 Å². The summed E-state index contributed by atoms with van der Waals surface area (Å²) in [5, 5.41) is 4.02. The van der Waals surface area contributed by atoms with Crippen molar-refractivity contribution in [2.24, 2.45) is 5.92 Å². The monoisotopic (exact) mass is 272 g/mol. The van der Waals surface area contributed by atoms with Crippen molar-refractivity contribution >= 4 is 22.3 Å². The first-order valence-corrected chi connectivity index (χ1v) is 7.18. The number of fused-ring (bicyclic) bond motifs is 1. The molecule has 3 rings (SSSR count). The van der Waals surface area contributed by atoms with Crippen LogP contribution >= 0.6 is 0 Å². The van der Waals surface area contributed by atoms with Crippen LogP contribution in [-0.4, -0.2) is 16.0 Å². The average molecular weight is 272 g/mol. The van der Waals surface area contributed by atoms with Crippen molar-refractivity contribution in [2.45, 2.75) is 38.6 Å². The molecule has 20 heavy (non-hydrogen) atoms. The summed E-state index contributed by atoms with van der Waals surface area (Å²) in [4.78, 5) is 18.5. The third-order valence-corrected chi connectivity index (χ3v) is 4.30. The van der Waals surface area contributed by atoms with Crippen LogP contribution in [0.25, 0.3) is 10.9 Å². The third-order valence-electron chi connectivity index (χ3n) is 4.30. The Balaban J connectivity index is 1.91. The molecule has 1 atom stereocenters. The van der Waals surface area contributed by atoms with Crippen molar-refractivity contribution in [2.75, 3.05) is 11.1 Å². The number of aromatic amines is 1. The smallest absolute Gasteiger partial charge is 0.258 e. The number of H-pyrrole nitrogens is 1. The predicted octanol–water partition coefficient (Wildman–Crippen LogP) is 2.50. The molecule has 1 aliphatic carbocycles. The molecular formula is C15H20N4O. The Bertz CT molecular complexity index is 673. The SMILES string of the molecule is CC(Nc1cc2nc[nH]c(=O)c2cc1N)C1CCCC1. The van der Waals surface area contributed by atoms with E-state index in [0.29, 0.717) is 28.6 Å². The average Bonchev–Trinajstić information content (AvgIpc) is 2.95. The number of hydrogen-bond acceptors (Lipinski definition) is 4. The lowest BCUT2D eigenvalue weighted by molar-refractivity contribution is 0.482. The van der Waals surface area contributed by atoms with E-state index in [1.54, 1.807) is 6.07 Å². The molecule has 0 radical (unpaired) electrons. The van der Waals surface area contributed by atoms with Crippen LogP contribution in [0.4, 0.5) is 11.4 Å². The topological polar surface area (TPSA) is 83.8 Å². The van der Waals surface area contributed by atoms with E-state index in [0.717, 1.165) is 5.69 Å². The highest BCUT2D eigenvalue weighted by Crippen LogP contribution is 2.31. The van der Waals surface area contributed by atoms with Crippen LogP contribution in [-0.2, 0) is 0 Å². The molecule has 4 N–H and O–H groups in total. The van der Waals surface area contributed by atoms with Crippen molar-refractivity contribution in [3.63, 3.8) is 0 Å². The molecule has 106 valence electrons. The Morgan fingerprint density at radius 1 is 1.40 bits per heavy atom. The van der Waals surface area contributed by atoms with Gasteiger partial charge in [0, 0.05) is 6.04 Å². The Morgan fingerprint density at radius 2 is 2.15 bits per heavy atom. The number of rotatable bonds is 3. The van der Waals surface area contributed by atoms with Crippen LogP contribution in [0.3, 0.4) is 0 Å². The summed E-state index contributed by atoms with van der Waals surface area (Å²) in [7, 11) is 0. The van der Waals surface area contributed by atoms with Crippen LogP contribution < -0.4 is 16.6 Å². The van der Waals surface area contributed by atoms with Gasteiger partial charge in [-0.25, -0.2) is 4.98 Å². The van der Waals surface area contributed by atoms with Gasteiger partial charge < -0.3 is 16.0 Å². The minimum atomic E-state index is -0.155. The lowest BCUT2D eigenvalue weighted by Crippen LogP contribution is -2.24. The second kappa shape index (κ2) is 5.15. The molecule has 5 nitrogen and oxygen atoms in total. The summed E-state index contributed by atoms with van der Waals surface area (Å²) in [6.45, 7) is 2.20. The Kier molecular flexibility index (Phi) is 3.34. The number of nitrogens with two attached hydrogens (primary N) is 1. The predicted molar refractivity (Wildman–Crippen MR) is 81.8 cm³/mol. The zero-order chi connectivity index (χ0) is 14.1. The van der Waals surface area contributed by atoms with Gasteiger partial charge in [-0.3, -0.25) is 4.79 Å². The zero-order valence-electron chi connectivity index (χ0n) is 11.6. The summed E-state index contributed by atoms with van der Waals surface area (Å²) < 4.78 is 0. The van der Waals surface area contributed by atoms with Crippen LogP contribution in [0.2, 0.25) is 0 Å². The molecule has 1 heterocycles. The van der Waals surface area contributed by atoms with Gasteiger partial charge in [-0.2, -0.15) is 0 Å². The largest absolute Gasteiger partial charge is 0.397 e. The second-order valence-corrected chi connectivity index (χ2v) is 5.67. The molecule has 1 unspecified atom stereocenters. The first-order chi connectivity index (χ1) is 9.65. The number of benzene rings is 1. The van der Waals surface area contributed by atoms with E-state index >= 15 is 0 Å². The van der Waals surface area contributed by atoms with Crippen molar-refractivity contribution in [1.82, 2.24) is 9.97 Å². The molecule has 0 aliphatic heterocycles. The first-order valence-electron chi connectivity index (χ1n) is 7.18. The number of anilines is 2. The van der Waals surface area contributed by atoms with Gasteiger partial charge in [-0.15, -0.1) is 0 Å². The number of hydrogen-bond donors (Lipinski definition) is 3. The third kappa shape index (κ3) is 2.35. The van der Waals surface area contributed by atoms with E-state index < -0.39 is 0 Å². The van der Waals surface area contributed by atoms with Gasteiger partial charge in [-0.1, -0.05) is 12.8 Å². The number of nitrogens with one attached hydrogen (secondary N) is 2. The standard InChI is InChI=1S/C15H20N4O/c1-9(10-4-2-3-5-10)19-14-7-13-11(6-12(14)16)15(20)18-8-17-13/h6-10,19H,2-5,16H2,1H3,(H,17,18,20). The van der Waals surface area contributed by atoms with E-state index in [1.165, 1.54) is 32.0 Å². The van der Waals surface area contributed by atoms with Crippen LogP contribution in [0.1, 0.15) is 32.6 Å². The molecule has 2 aromatic rings. The van der Waals surface area contributed by atoms with Gasteiger partial charge in [0.25, 0.3) is 5.56 Å². The van der Waals surface area contributed by atoms with Gasteiger partial charge in [0.15, 0.2) is 0 Å². The maximum absolute atomic E-state index is 11.7. The molecule has 0 amide bonds. The van der Waals surface area contributed by atoms with Gasteiger partial charge >= 0.3 is 0 Å². The summed E-state index contributed by atoms with van der Waals surface area (Å²) in [6.07, 6.45) is 6.62. The Hall–Kier alpha value is -2.04. The fourth-order valence-electron chi connectivity index (χ4n) is 3.08. The van der Waals surface area contributed by atoms with Crippen LogP contribution in [0.5, 0.6) is 0 Å². The van der Waals surface area contributed by atoms with E-state index in [2.05, 4.69) is 22.2 Å². The molecule has 1 aromatic carbocycles. The van der Waals surface area contributed by atoms with E-state index in [-0.39, 0.29) is 5.56 Å². The lowest BCUT2D eigenvalue weighted by atomic mass is 9.99. The fraction of sp³-hybridized carbons (Fsp3) is 0.467. The molecule has 0 bridgehead atoms. The maximum atomic E-state index is 11.7. The van der Waals surface area contributed by atoms with Crippen molar-refractivity contribution < 1.29 is 0 Å². The minimum Gasteiger partial charge on any atom is -0.397 e. The van der Waals surface area contributed by atoms with Crippen molar-refractivity contribution in [1.29, 1.82) is 0 Å². The number of nitrogens with zero attached hydrogens (tertiary/aromatic N) is 1. The van der Waals surface area contributed by atoms with E-state index in [1.807, 2.05) is 6.07 Å². The van der Waals surface area contributed by atoms with Gasteiger partial charge in [0.1, 0.15) is 0 Å². The van der Waals surface area contributed by atoms with E-state index in [4.69, 9.17) is 5.73 Å². The highest BCUT2D eigenvalue weighted by atomic mass is 16.1. The normalized spacial score (nSPS) is 17.4. The van der Waals surface area contributed by atoms with Crippen LogP contribution in [0.15, 0.2) is 23.3 Å². The molecule has 1 saturated carbocycles. The van der Waals surface area contributed by atoms with Crippen LogP contribution in [0, 0.1) is 5.92 Å². The molecular weight excluding hydrogens is 252 g/mol. The van der Waals surface area contributed by atoms with Crippen molar-refractivity contribution in [3.05, 3.63) is 28.8 Å². The van der Waals surface area contributed by atoms with Gasteiger partial charge in [0.2, 0.25) is 0 Å². The summed E-state index contributed by atoms with van der Waals surface area (Å²) in [6, 6.07) is 3.95. The van der Waals surface area contributed by atoms with Gasteiger partial charge in [0.05, 0.1) is 28.6 Å². The molecule has 1 fully saturated rings. The number of aromatic nitrogens is 2.